The third-order valence-electron chi connectivity index (χ3n) is 9.56. The Morgan fingerprint density at radius 1 is 0.515 bits per heavy atom. The number of carbonyl (C=O) groups is 1. The van der Waals surface area contributed by atoms with Crippen molar-refractivity contribution in [3.8, 4) is 17.2 Å². The van der Waals surface area contributed by atoms with E-state index in [1.54, 1.807) is 26.0 Å². The molecule has 0 aliphatic rings. The Morgan fingerprint density at radius 3 is 1.38 bits per heavy atom. The lowest BCUT2D eigenvalue weighted by Gasteiger charge is -2.15. The van der Waals surface area contributed by atoms with Crippen molar-refractivity contribution in [1.29, 1.82) is 0 Å². The molecule has 2 amide bonds. The molecule has 0 aliphatic carbocycles. The summed E-state index contributed by atoms with van der Waals surface area (Å²) in [6.45, 7) is 3.43. The molecule has 0 unspecified atom stereocenters. The molecule has 0 atom stereocenters. The first-order valence-electron chi connectivity index (χ1n) is 18.8. The number of methoxy groups -OCH3 is 2. The number of benzene rings is 6. The third-order valence-corrected chi connectivity index (χ3v) is 13.9. The predicted molar refractivity (Wildman–Crippen MR) is 242 cm³/mol. The van der Waals surface area contributed by atoms with Crippen molar-refractivity contribution in [3.05, 3.63) is 96.1 Å². The number of carbonyl (C=O) groups excluding carboxylic acids is 1. The van der Waals surface area contributed by atoms with E-state index >= 15 is 0 Å². The van der Waals surface area contributed by atoms with Gasteiger partial charge in [0.1, 0.15) is 27.0 Å². The van der Waals surface area contributed by atoms with Crippen LogP contribution < -0.4 is 24.3 Å². The van der Waals surface area contributed by atoms with E-state index in [-0.39, 0.29) is 65.9 Å². The van der Waals surface area contributed by atoms with Gasteiger partial charge in [-0.25, -0.2) is 4.79 Å². The average Bonchev–Trinajstić information content (AvgIpc) is 3.27. The van der Waals surface area contributed by atoms with Gasteiger partial charge in [-0.1, -0.05) is 12.1 Å². The summed E-state index contributed by atoms with van der Waals surface area (Å²) in [5.74, 6) is 0.205. The van der Waals surface area contributed by atoms with Crippen LogP contribution in [-0.4, -0.2) is 81.5 Å². The van der Waals surface area contributed by atoms with Gasteiger partial charge in [-0.05, 0) is 90.3 Å². The molecule has 0 saturated carbocycles. The zero-order valence-corrected chi connectivity index (χ0v) is 39.4. The molecular formula is C41H40N6O15S4. The van der Waals surface area contributed by atoms with Gasteiger partial charge in [0, 0.05) is 29.0 Å². The molecule has 6 aromatic rings. The van der Waals surface area contributed by atoms with E-state index in [2.05, 4.69) is 39.5 Å². The van der Waals surface area contributed by atoms with E-state index in [9.17, 15) is 38.5 Å². The number of ether oxygens (including phenoxy) is 2. The molecule has 0 bridgehead atoms. The molecule has 25 heteroatoms. The summed E-state index contributed by atoms with van der Waals surface area (Å²) in [6.07, 6.45) is 0.827. The number of aryl methyl sites for hydroxylation is 2. The predicted octanol–water partition coefficient (Wildman–Crippen LogP) is 8.45. The quantitative estimate of drug-likeness (QED) is 0.0679. The van der Waals surface area contributed by atoms with Crippen LogP contribution in [0.3, 0.4) is 0 Å². The molecule has 0 heterocycles. The molecule has 2 N–H and O–H groups in total. The van der Waals surface area contributed by atoms with Gasteiger partial charge in [-0.15, -0.1) is 0 Å². The number of nitrogens with one attached hydrogen (secondary N) is 2. The fourth-order valence-corrected chi connectivity index (χ4v) is 9.38. The van der Waals surface area contributed by atoms with E-state index in [1.165, 1.54) is 74.9 Å². The summed E-state index contributed by atoms with van der Waals surface area (Å²) in [4.78, 5) is 12.2. The van der Waals surface area contributed by atoms with Gasteiger partial charge in [0.2, 0.25) is 0 Å². The molecule has 0 aliphatic heterocycles. The number of urea groups is 1. The number of hydrogen-bond donors (Lipinski definition) is 2. The largest absolute Gasteiger partial charge is 0.494 e. The molecule has 0 spiro atoms. The summed E-state index contributed by atoms with van der Waals surface area (Å²) < 4.78 is 130. The zero-order chi connectivity index (χ0) is 48.4. The first-order chi connectivity index (χ1) is 31.0. The van der Waals surface area contributed by atoms with Crippen molar-refractivity contribution in [2.24, 2.45) is 20.5 Å². The van der Waals surface area contributed by atoms with Crippen molar-refractivity contribution in [3.63, 3.8) is 0 Å². The summed E-state index contributed by atoms with van der Waals surface area (Å²) in [5.41, 5.74) is 2.81. The lowest BCUT2D eigenvalue weighted by atomic mass is 10.1. The first-order valence-corrected chi connectivity index (χ1v) is 24.8. The fourth-order valence-electron chi connectivity index (χ4n) is 6.35. The second-order valence-corrected chi connectivity index (χ2v) is 20.6. The van der Waals surface area contributed by atoms with Crippen LogP contribution in [0.2, 0.25) is 0 Å². The van der Waals surface area contributed by atoms with Crippen molar-refractivity contribution < 1.29 is 64.7 Å². The molecule has 66 heavy (non-hydrogen) atoms. The van der Waals surface area contributed by atoms with Crippen molar-refractivity contribution in [2.75, 3.05) is 52.4 Å². The smallest absolute Gasteiger partial charge is 0.323 e. The van der Waals surface area contributed by atoms with E-state index in [0.717, 1.165) is 39.7 Å². The second-order valence-electron chi connectivity index (χ2n) is 14.0. The van der Waals surface area contributed by atoms with Crippen LogP contribution in [0.4, 0.5) is 38.9 Å². The lowest BCUT2D eigenvalue weighted by molar-refractivity contribution is 0.262. The molecule has 21 nitrogen and oxygen atoms in total. The molecular weight excluding hydrogens is 945 g/mol. The summed E-state index contributed by atoms with van der Waals surface area (Å²) >= 11 is 0. The number of hydrogen-bond acceptors (Lipinski definition) is 19. The van der Waals surface area contributed by atoms with Crippen LogP contribution in [0.15, 0.2) is 120 Å². The minimum Gasteiger partial charge on any atom is -0.494 e. The summed E-state index contributed by atoms with van der Waals surface area (Å²) in [7, 11) is -11.3. The van der Waals surface area contributed by atoms with Gasteiger partial charge in [-0.2, -0.15) is 54.1 Å². The van der Waals surface area contributed by atoms with Crippen LogP contribution >= 0.6 is 0 Å². The Morgan fingerprint density at radius 2 is 0.955 bits per heavy atom. The van der Waals surface area contributed by atoms with Crippen molar-refractivity contribution >= 4 is 102 Å². The van der Waals surface area contributed by atoms with E-state index in [0.29, 0.717) is 27.9 Å². The van der Waals surface area contributed by atoms with Gasteiger partial charge in [0.25, 0.3) is 30.4 Å². The Labute approximate surface area is 379 Å². The van der Waals surface area contributed by atoms with Gasteiger partial charge >= 0.3 is 16.1 Å². The molecule has 0 radical (unpaired) electrons. The van der Waals surface area contributed by atoms with Gasteiger partial charge in [0.05, 0.1) is 80.8 Å². The normalized spacial score (nSPS) is 12.5. The maximum Gasteiger partial charge on any atom is 0.323 e. The number of nitrogens with zero attached hydrogens (tertiary/aromatic N) is 4. The van der Waals surface area contributed by atoms with Crippen LogP contribution in [0.1, 0.15) is 11.1 Å². The average molecular weight is 985 g/mol. The SMILES string of the molecule is COc1cc(N=Nc2ccc3cc(OS(C)(=O)=O)cc(S(=O)(=O)OC)c3c2)c(C)cc1NC(=O)Nc1cc(C)c(N=Nc2ccc3cc(S(=O)(=O)OC)cc(S(=O)(=O)OC)c3c2)cc1OC. The highest BCUT2D eigenvalue weighted by atomic mass is 32.2. The van der Waals surface area contributed by atoms with Crippen LogP contribution in [0.5, 0.6) is 17.2 Å². The molecule has 348 valence electrons. The Hall–Kier alpha value is -6.61. The maximum absolute atomic E-state index is 13.4. The summed E-state index contributed by atoms with van der Waals surface area (Å²) in [6, 6.07) is 19.1. The third kappa shape index (κ3) is 10.9. The lowest BCUT2D eigenvalue weighted by Crippen LogP contribution is -2.20. The molecule has 6 aromatic carbocycles. The van der Waals surface area contributed by atoms with Crippen LogP contribution in [-0.2, 0) is 53.0 Å². The summed E-state index contributed by atoms with van der Waals surface area (Å²) in [5, 5.41) is 23.5. The highest BCUT2D eigenvalue weighted by molar-refractivity contribution is 7.88. The number of rotatable bonds is 16. The van der Waals surface area contributed by atoms with Crippen molar-refractivity contribution in [1.82, 2.24) is 0 Å². The second kappa shape index (κ2) is 19.1. The van der Waals surface area contributed by atoms with Gasteiger partial charge in [-0.3, -0.25) is 12.5 Å². The topological polar surface area (TPSA) is 283 Å². The van der Waals surface area contributed by atoms with Crippen LogP contribution in [0.25, 0.3) is 21.5 Å². The molecule has 0 aromatic heterocycles. The molecule has 6 rings (SSSR count). The Balaban J connectivity index is 1.21. The van der Waals surface area contributed by atoms with Crippen molar-refractivity contribution in [2.45, 2.75) is 28.5 Å². The number of azo groups is 2. The zero-order valence-electron chi connectivity index (χ0n) is 36.1. The monoisotopic (exact) mass is 984 g/mol. The molecule has 0 fully saturated rings. The minimum absolute atomic E-state index is 0.121. The van der Waals surface area contributed by atoms with E-state index < -0.39 is 51.4 Å². The number of amides is 2. The fraction of sp³-hybridized carbons (Fsp3) is 0.195. The highest BCUT2D eigenvalue weighted by Gasteiger charge is 2.24. The molecule has 0 saturated heterocycles. The van der Waals surface area contributed by atoms with E-state index in [4.69, 9.17) is 17.8 Å². The minimum atomic E-state index is -4.38. The van der Waals surface area contributed by atoms with Crippen LogP contribution in [0, 0.1) is 13.8 Å². The highest BCUT2D eigenvalue weighted by Crippen LogP contribution is 2.39. The van der Waals surface area contributed by atoms with E-state index in [1.807, 2.05) is 0 Å². The Kier molecular flexibility index (Phi) is 14.1. The van der Waals surface area contributed by atoms with Gasteiger partial charge in [0.15, 0.2) is 0 Å². The number of anilines is 2. The first kappa shape index (κ1) is 48.8. The number of fused-ring (bicyclic) bond motifs is 2. The maximum atomic E-state index is 13.4. The standard InChI is InChI=1S/C41H40N6O15S4/c1-23-13-35(37(57-3)21-33(23)46-44-27-11-9-25-15-29(62-63(8,49)50)19-39(31(25)17-27)65(53,54)60-6)42-41(48)43-36-14-24(2)34(22-38(36)58-4)47-45-28-12-10-26-16-30(64(51,52)59-5)20-40(32(26)18-28)66(55,56)61-7/h9-22H,1-8H3,(H2,42,43,48). The van der Waals surface area contributed by atoms with Gasteiger partial charge < -0.3 is 24.3 Å². The Bertz CT molecular complexity index is 3460.